The van der Waals surface area contributed by atoms with E-state index in [2.05, 4.69) is 4.74 Å². The van der Waals surface area contributed by atoms with Gasteiger partial charge in [-0.05, 0) is 0 Å². The third-order valence-corrected chi connectivity index (χ3v) is 1.02. The summed E-state index contributed by atoms with van der Waals surface area (Å²) in [5.41, 5.74) is 0.366. The fraction of sp³-hybridized carbons (Fsp3) is 0.400. The summed E-state index contributed by atoms with van der Waals surface area (Å²) in [5, 5.41) is 8.27. The van der Waals surface area contributed by atoms with Crippen molar-refractivity contribution < 1.29 is 14.6 Å². The molecule has 1 N–H and O–H groups in total. The van der Waals surface area contributed by atoms with Crippen LogP contribution in [0.1, 0.15) is 6.42 Å². The van der Waals surface area contributed by atoms with Crippen LogP contribution in [-0.2, 0) is 9.53 Å². The Bertz CT molecular complexity index is 137. The highest BCUT2D eigenvalue weighted by Crippen LogP contribution is 2.10. The Hall–Kier alpha value is -0.990. The molecule has 3 nitrogen and oxygen atoms in total. The van der Waals surface area contributed by atoms with Crippen molar-refractivity contribution >= 4 is 5.97 Å². The Balaban J connectivity index is 2.69. The molecule has 1 rings (SSSR count). The van der Waals surface area contributed by atoms with Crippen LogP contribution in [0.5, 0.6) is 0 Å². The zero-order valence-electron chi connectivity index (χ0n) is 4.26. The molecule has 0 saturated carbocycles. The molecule has 0 spiro atoms. The van der Waals surface area contributed by atoms with E-state index in [1.807, 2.05) is 0 Å². The highest BCUT2D eigenvalue weighted by atomic mass is 16.5. The molecule has 3 heteroatoms. The van der Waals surface area contributed by atoms with Gasteiger partial charge < -0.3 is 9.84 Å². The number of carbonyl (C=O) groups excluding carboxylic acids is 1. The monoisotopic (exact) mass is 114 g/mol. The molecule has 0 amide bonds. The first-order valence-corrected chi connectivity index (χ1v) is 2.35. The van der Waals surface area contributed by atoms with Crippen molar-refractivity contribution in [1.29, 1.82) is 0 Å². The molecular formula is C5H6O3. The minimum atomic E-state index is -0.396. The molecule has 44 valence electrons. The maximum absolute atomic E-state index is 10.4. The zero-order valence-corrected chi connectivity index (χ0v) is 4.26. The molecule has 0 aromatic heterocycles. The highest BCUT2D eigenvalue weighted by Gasteiger charge is 2.17. The average Bonchev–Trinajstić information content (AvgIpc) is 2.14. The molecule has 0 bridgehead atoms. The van der Waals surface area contributed by atoms with E-state index < -0.39 is 5.97 Å². The third kappa shape index (κ3) is 0.665. The summed E-state index contributed by atoms with van der Waals surface area (Å²) >= 11 is 0. The molecule has 1 saturated heterocycles. The summed E-state index contributed by atoms with van der Waals surface area (Å²) in [6.45, 7) is 0.408. The van der Waals surface area contributed by atoms with Crippen LogP contribution >= 0.6 is 0 Å². The smallest absolute Gasteiger partial charge is 0.337 e. The number of rotatable bonds is 0. The first kappa shape index (κ1) is 5.15. The Morgan fingerprint density at radius 3 is 2.75 bits per heavy atom. The zero-order chi connectivity index (χ0) is 5.98. The Kier molecular flexibility index (Phi) is 1.20. The second-order valence-corrected chi connectivity index (χ2v) is 1.54. The minimum absolute atomic E-state index is 0.366. The minimum Gasteiger partial charge on any atom is -0.515 e. The van der Waals surface area contributed by atoms with Gasteiger partial charge in [-0.3, -0.25) is 0 Å². The van der Waals surface area contributed by atoms with Gasteiger partial charge in [0.15, 0.2) is 0 Å². The molecule has 1 fully saturated rings. The van der Waals surface area contributed by atoms with Gasteiger partial charge in [0.25, 0.3) is 0 Å². The quantitative estimate of drug-likeness (QED) is 0.281. The molecule has 1 aliphatic heterocycles. The second-order valence-electron chi connectivity index (χ2n) is 1.54. The Morgan fingerprint density at radius 2 is 2.50 bits per heavy atom. The fourth-order valence-electron chi connectivity index (χ4n) is 0.566. The number of esters is 1. The standard InChI is InChI=1S/C5H6O3/c6-3-4-1-2-8-5(4)7/h3,6H,1-2H2. The molecule has 0 aromatic rings. The molecule has 0 unspecified atom stereocenters. The predicted molar refractivity (Wildman–Crippen MR) is 26.3 cm³/mol. The summed E-state index contributed by atoms with van der Waals surface area (Å²) in [4.78, 5) is 10.4. The van der Waals surface area contributed by atoms with E-state index in [9.17, 15) is 4.79 Å². The number of cyclic esters (lactones) is 1. The van der Waals surface area contributed by atoms with Gasteiger partial charge in [-0.2, -0.15) is 0 Å². The van der Waals surface area contributed by atoms with Gasteiger partial charge in [0.2, 0.25) is 0 Å². The van der Waals surface area contributed by atoms with E-state index >= 15 is 0 Å². The molecule has 1 heterocycles. The summed E-state index contributed by atoms with van der Waals surface area (Å²) < 4.78 is 4.49. The Morgan fingerprint density at radius 1 is 1.75 bits per heavy atom. The Labute approximate surface area is 46.6 Å². The van der Waals surface area contributed by atoms with Gasteiger partial charge >= 0.3 is 5.97 Å². The number of aliphatic hydroxyl groups is 1. The van der Waals surface area contributed by atoms with E-state index in [4.69, 9.17) is 5.11 Å². The summed E-state index contributed by atoms with van der Waals surface area (Å²) in [6.07, 6.45) is 1.34. The number of carbonyl (C=O) groups is 1. The van der Waals surface area contributed by atoms with Gasteiger partial charge in [-0.1, -0.05) is 0 Å². The van der Waals surface area contributed by atoms with E-state index in [-0.39, 0.29) is 0 Å². The van der Waals surface area contributed by atoms with Crippen LogP contribution in [-0.4, -0.2) is 17.7 Å². The van der Waals surface area contributed by atoms with Gasteiger partial charge in [0.1, 0.15) is 0 Å². The lowest BCUT2D eigenvalue weighted by Gasteiger charge is -1.83. The molecular weight excluding hydrogens is 108 g/mol. The second kappa shape index (κ2) is 1.86. The summed E-state index contributed by atoms with van der Waals surface area (Å²) in [5.74, 6) is -0.396. The maximum Gasteiger partial charge on any atom is 0.337 e. The first-order chi connectivity index (χ1) is 3.84. The number of aliphatic hydroxyl groups excluding tert-OH is 1. The fourth-order valence-corrected chi connectivity index (χ4v) is 0.566. The van der Waals surface area contributed by atoms with Gasteiger partial charge in [0.05, 0.1) is 18.4 Å². The van der Waals surface area contributed by atoms with Crippen molar-refractivity contribution in [2.75, 3.05) is 6.61 Å². The van der Waals surface area contributed by atoms with Gasteiger partial charge in [0, 0.05) is 6.42 Å². The largest absolute Gasteiger partial charge is 0.515 e. The van der Waals surface area contributed by atoms with Crippen molar-refractivity contribution in [2.24, 2.45) is 0 Å². The highest BCUT2D eigenvalue weighted by molar-refractivity contribution is 5.89. The van der Waals surface area contributed by atoms with Crippen LogP contribution in [0.4, 0.5) is 0 Å². The van der Waals surface area contributed by atoms with Crippen molar-refractivity contribution in [3.63, 3.8) is 0 Å². The lowest BCUT2D eigenvalue weighted by atomic mass is 10.3. The summed E-state index contributed by atoms with van der Waals surface area (Å²) in [7, 11) is 0. The van der Waals surface area contributed by atoms with E-state index in [0.717, 1.165) is 6.26 Å². The first-order valence-electron chi connectivity index (χ1n) is 2.35. The molecule has 0 radical (unpaired) electrons. The van der Waals surface area contributed by atoms with Crippen molar-refractivity contribution in [1.82, 2.24) is 0 Å². The van der Waals surface area contributed by atoms with Crippen LogP contribution < -0.4 is 0 Å². The average molecular weight is 114 g/mol. The van der Waals surface area contributed by atoms with Crippen LogP contribution in [0.15, 0.2) is 11.8 Å². The molecule has 0 aliphatic carbocycles. The third-order valence-electron chi connectivity index (χ3n) is 1.02. The number of hydrogen-bond donors (Lipinski definition) is 1. The van der Waals surface area contributed by atoms with Crippen molar-refractivity contribution in [2.45, 2.75) is 6.42 Å². The molecule has 8 heavy (non-hydrogen) atoms. The topological polar surface area (TPSA) is 46.5 Å². The number of ether oxygens (including phenoxy) is 1. The SMILES string of the molecule is O=C1OCCC1=CO. The van der Waals surface area contributed by atoms with Crippen LogP contribution in [0.3, 0.4) is 0 Å². The normalized spacial score (nSPS) is 24.0. The van der Waals surface area contributed by atoms with E-state index in [0.29, 0.717) is 18.6 Å². The lowest BCUT2D eigenvalue weighted by Crippen LogP contribution is -1.93. The molecule has 0 aromatic carbocycles. The predicted octanol–water partition coefficient (Wildman–Crippen LogP) is 0.375. The van der Waals surface area contributed by atoms with Crippen molar-refractivity contribution in [3.05, 3.63) is 11.8 Å². The molecule has 1 aliphatic rings. The van der Waals surface area contributed by atoms with E-state index in [1.54, 1.807) is 0 Å². The van der Waals surface area contributed by atoms with Gasteiger partial charge in [-0.25, -0.2) is 4.79 Å². The van der Waals surface area contributed by atoms with Crippen LogP contribution in [0.2, 0.25) is 0 Å². The summed E-state index contributed by atoms with van der Waals surface area (Å²) in [6, 6.07) is 0. The van der Waals surface area contributed by atoms with Crippen LogP contribution in [0, 0.1) is 0 Å². The van der Waals surface area contributed by atoms with Crippen molar-refractivity contribution in [3.8, 4) is 0 Å². The van der Waals surface area contributed by atoms with E-state index in [1.165, 1.54) is 0 Å². The lowest BCUT2D eigenvalue weighted by molar-refractivity contribution is -0.135. The maximum atomic E-state index is 10.4. The van der Waals surface area contributed by atoms with Crippen LogP contribution in [0.25, 0.3) is 0 Å². The number of hydrogen-bond acceptors (Lipinski definition) is 3. The molecule has 0 atom stereocenters. The van der Waals surface area contributed by atoms with Gasteiger partial charge in [-0.15, -0.1) is 0 Å².